The summed E-state index contributed by atoms with van der Waals surface area (Å²) in [6.45, 7) is 3.53. The molecule has 0 radical (unpaired) electrons. The molecule has 2 amide bonds. The topological polar surface area (TPSA) is 84.5 Å². The Balaban J connectivity index is 1.41. The summed E-state index contributed by atoms with van der Waals surface area (Å²) in [6.07, 6.45) is -0.197. The van der Waals surface area contributed by atoms with Crippen molar-refractivity contribution in [3.05, 3.63) is 52.3 Å². The van der Waals surface area contributed by atoms with Crippen LogP contribution in [0, 0.1) is 11.3 Å². The van der Waals surface area contributed by atoms with Gasteiger partial charge in [-0.05, 0) is 55.0 Å². The average molecular weight is 484 g/mol. The summed E-state index contributed by atoms with van der Waals surface area (Å²) in [6, 6.07) is 3.25. The summed E-state index contributed by atoms with van der Waals surface area (Å²) in [7, 11) is 1.89. The van der Waals surface area contributed by atoms with Gasteiger partial charge in [-0.2, -0.15) is 23.0 Å². The van der Waals surface area contributed by atoms with Crippen molar-refractivity contribution in [3.8, 4) is 0 Å². The summed E-state index contributed by atoms with van der Waals surface area (Å²) < 4.78 is 40.4. The zero-order valence-corrected chi connectivity index (χ0v) is 19.0. The molecule has 2 N–H and O–H groups in total. The molecule has 2 aromatic rings. The van der Waals surface area contributed by atoms with E-state index in [2.05, 4.69) is 12.0 Å². The zero-order valence-electron chi connectivity index (χ0n) is 18.3. The van der Waals surface area contributed by atoms with Crippen molar-refractivity contribution in [2.45, 2.75) is 38.5 Å². The minimum absolute atomic E-state index is 0.119. The van der Waals surface area contributed by atoms with Crippen molar-refractivity contribution in [2.24, 2.45) is 17.1 Å². The van der Waals surface area contributed by atoms with E-state index >= 15 is 0 Å². The summed E-state index contributed by atoms with van der Waals surface area (Å²) >= 11 is 6.18. The third-order valence-corrected chi connectivity index (χ3v) is 7.36. The average Bonchev–Trinajstić information content (AvgIpc) is 3.40. The highest BCUT2D eigenvalue weighted by Crippen LogP contribution is 2.50. The number of halogens is 4. The summed E-state index contributed by atoms with van der Waals surface area (Å²) in [5.41, 5.74) is 5.01. The number of carbonyl (C=O) groups excluding carboxylic acids is 2. The highest BCUT2D eigenvalue weighted by molar-refractivity contribution is 6.31. The molecular weight excluding hydrogens is 459 g/mol. The van der Waals surface area contributed by atoms with Crippen molar-refractivity contribution < 1.29 is 22.8 Å². The van der Waals surface area contributed by atoms with Gasteiger partial charge in [-0.1, -0.05) is 18.5 Å². The Hall–Kier alpha value is -2.59. The van der Waals surface area contributed by atoms with E-state index in [4.69, 9.17) is 17.3 Å². The van der Waals surface area contributed by atoms with Gasteiger partial charge >= 0.3 is 12.2 Å². The molecular formula is C22H25ClF3N5O2. The largest absolute Gasteiger partial charge is 0.416 e. The smallest absolute Gasteiger partial charge is 0.366 e. The minimum Gasteiger partial charge on any atom is -0.366 e. The Morgan fingerprint density at radius 3 is 2.70 bits per heavy atom. The van der Waals surface area contributed by atoms with E-state index in [1.807, 2.05) is 11.9 Å². The highest BCUT2D eigenvalue weighted by Gasteiger charge is 2.51. The monoisotopic (exact) mass is 483 g/mol. The number of rotatable bonds is 4. The lowest BCUT2D eigenvalue weighted by atomic mass is 9.83. The fourth-order valence-corrected chi connectivity index (χ4v) is 5.28. The van der Waals surface area contributed by atoms with E-state index in [-0.39, 0.29) is 29.0 Å². The van der Waals surface area contributed by atoms with Crippen LogP contribution in [0.15, 0.2) is 30.6 Å². The Labute approximate surface area is 194 Å². The summed E-state index contributed by atoms with van der Waals surface area (Å²) in [5.74, 6) is -0.400. The van der Waals surface area contributed by atoms with E-state index in [1.54, 1.807) is 4.90 Å². The minimum atomic E-state index is -4.42. The molecule has 0 spiro atoms. The number of fused-ring (bicyclic) bond motifs is 1. The standard InChI is InChI=1S/C22H25ClF3N5O2/c1-21-7-17(29(2)9-13-5-15(22(24,25)26)3-4-18(13)23)6-16(21)11-30(12-21)20(33)31-10-14(8-28-31)19(27)32/h3-5,8,10,16-17H,6-7,9,11-12H2,1-2H3,(H2,27,32)/t16-,17-,21?/m1/s1. The maximum absolute atomic E-state index is 13.1. The predicted octanol–water partition coefficient (Wildman–Crippen LogP) is 3.85. The van der Waals surface area contributed by atoms with Crippen molar-refractivity contribution in [3.63, 3.8) is 0 Å². The molecule has 1 saturated heterocycles. The molecule has 1 aromatic carbocycles. The highest BCUT2D eigenvalue weighted by atomic mass is 35.5. The van der Waals surface area contributed by atoms with Gasteiger partial charge in [-0.3, -0.25) is 9.69 Å². The van der Waals surface area contributed by atoms with Crippen LogP contribution < -0.4 is 5.73 Å². The molecule has 1 saturated carbocycles. The molecule has 178 valence electrons. The van der Waals surface area contributed by atoms with Crippen LogP contribution in [-0.2, 0) is 12.7 Å². The number of nitrogens with zero attached hydrogens (tertiary/aromatic N) is 4. The van der Waals surface area contributed by atoms with E-state index in [1.165, 1.54) is 18.5 Å². The second kappa shape index (κ2) is 8.32. The maximum Gasteiger partial charge on any atom is 0.416 e. The van der Waals surface area contributed by atoms with Crippen LogP contribution in [0.2, 0.25) is 5.02 Å². The van der Waals surface area contributed by atoms with Gasteiger partial charge in [0.15, 0.2) is 0 Å². The molecule has 1 aromatic heterocycles. The van der Waals surface area contributed by atoms with Gasteiger partial charge in [0.25, 0.3) is 5.91 Å². The van der Waals surface area contributed by atoms with Gasteiger partial charge in [0.1, 0.15) is 0 Å². The number of alkyl halides is 3. The first-order valence-corrected chi connectivity index (χ1v) is 10.9. The lowest BCUT2D eigenvalue weighted by Crippen LogP contribution is -2.37. The first-order valence-electron chi connectivity index (χ1n) is 10.6. The number of likely N-dealkylation sites (tertiary alicyclic amines) is 1. The van der Waals surface area contributed by atoms with E-state index in [0.29, 0.717) is 30.2 Å². The fourth-order valence-electron chi connectivity index (χ4n) is 5.11. The molecule has 11 heteroatoms. The zero-order chi connectivity index (χ0) is 24.1. The van der Waals surface area contributed by atoms with Crippen LogP contribution in [0.1, 0.15) is 41.3 Å². The summed E-state index contributed by atoms with van der Waals surface area (Å²) in [5, 5.41) is 4.26. The third kappa shape index (κ3) is 4.59. The van der Waals surface area contributed by atoms with Gasteiger partial charge in [0.2, 0.25) is 0 Å². The lowest BCUT2D eigenvalue weighted by molar-refractivity contribution is -0.137. The second-order valence-electron chi connectivity index (χ2n) is 9.36. The van der Waals surface area contributed by atoms with Crippen LogP contribution in [0.3, 0.4) is 0 Å². The molecule has 33 heavy (non-hydrogen) atoms. The molecule has 0 bridgehead atoms. The maximum atomic E-state index is 13.1. The van der Waals surface area contributed by atoms with Crippen LogP contribution >= 0.6 is 11.6 Å². The van der Waals surface area contributed by atoms with Gasteiger partial charge < -0.3 is 10.6 Å². The van der Waals surface area contributed by atoms with Crippen molar-refractivity contribution in [1.82, 2.24) is 19.6 Å². The van der Waals surface area contributed by atoms with Crippen LogP contribution in [0.5, 0.6) is 0 Å². The van der Waals surface area contributed by atoms with Crippen molar-refractivity contribution in [2.75, 3.05) is 20.1 Å². The molecule has 7 nitrogen and oxygen atoms in total. The van der Waals surface area contributed by atoms with Gasteiger partial charge in [-0.25, -0.2) is 4.79 Å². The molecule has 4 rings (SSSR count). The van der Waals surface area contributed by atoms with Crippen molar-refractivity contribution in [1.29, 1.82) is 0 Å². The normalized spacial score (nSPS) is 25.0. The number of primary amides is 1. The number of hydrogen-bond donors (Lipinski definition) is 1. The second-order valence-corrected chi connectivity index (χ2v) is 9.77. The number of amides is 2. The van der Waals surface area contributed by atoms with Crippen LogP contribution in [0.25, 0.3) is 0 Å². The fraction of sp³-hybridized carbons (Fsp3) is 0.500. The Morgan fingerprint density at radius 2 is 2.09 bits per heavy atom. The van der Waals surface area contributed by atoms with Crippen molar-refractivity contribution >= 4 is 23.5 Å². The van der Waals surface area contributed by atoms with Crippen LogP contribution in [0.4, 0.5) is 18.0 Å². The molecule has 2 heterocycles. The van der Waals surface area contributed by atoms with Gasteiger partial charge in [0, 0.05) is 36.9 Å². The SMILES string of the molecule is CN(Cc1cc(C(F)(F)F)ccc1Cl)[C@@H]1C[C@@H]2CN(C(=O)n3cc(C(N)=O)cn3)CC2(C)C1. The van der Waals surface area contributed by atoms with Gasteiger partial charge in [-0.15, -0.1) is 0 Å². The summed E-state index contributed by atoms with van der Waals surface area (Å²) in [4.78, 5) is 27.9. The predicted molar refractivity (Wildman–Crippen MR) is 116 cm³/mol. The third-order valence-electron chi connectivity index (χ3n) is 6.99. The number of hydrogen-bond acceptors (Lipinski definition) is 4. The first-order chi connectivity index (χ1) is 15.4. The van der Waals surface area contributed by atoms with Gasteiger partial charge in [0.05, 0.1) is 17.3 Å². The molecule has 2 aliphatic rings. The number of carbonyl (C=O) groups is 2. The van der Waals surface area contributed by atoms with E-state index in [9.17, 15) is 22.8 Å². The number of benzene rings is 1. The quantitative estimate of drug-likeness (QED) is 0.715. The Bertz CT molecular complexity index is 1090. The molecule has 3 atom stereocenters. The molecule has 1 unspecified atom stereocenters. The lowest BCUT2D eigenvalue weighted by Gasteiger charge is -2.29. The Morgan fingerprint density at radius 1 is 1.36 bits per heavy atom. The first kappa shape index (κ1) is 23.6. The van der Waals surface area contributed by atoms with Crippen LogP contribution in [-0.4, -0.2) is 57.7 Å². The number of aromatic nitrogens is 2. The van der Waals surface area contributed by atoms with E-state index < -0.39 is 17.6 Å². The molecule has 1 aliphatic heterocycles. The molecule has 2 fully saturated rings. The Kier molecular flexibility index (Phi) is 5.94. The van der Waals surface area contributed by atoms with E-state index in [0.717, 1.165) is 29.7 Å². The number of nitrogens with two attached hydrogens (primary N) is 1. The molecule has 1 aliphatic carbocycles.